The first kappa shape index (κ1) is 19.4. The number of hydrazone groups is 1. The topological polar surface area (TPSA) is 117 Å². The Labute approximate surface area is 151 Å². The van der Waals surface area contributed by atoms with Crippen molar-refractivity contribution in [3.05, 3.63) is 70.1 Å². The molecule has 138 valence electrons. The summed E-state index contributed by atoms with van der Waals surface area (Å²) in [7, 11) is 0. The molecule has 0 heterocycles. The average Bonchev–Trinajstić information content (AvgIpc) is 2.60. The highest BCUT2D eigenvalue weighted by atomic mass is 16.8. The van der Waals surface area contributed by atoms with Gasteiger partial charge >= 0.3 is 0 Å². The Morgan fingerprint density at radius 1 is 1.08 bits per heavy atom. The van der Waals surface area contributed by atoms with Gasteiger partial charge in [0.1, 0.15) is 5.69 Å². The van der Waals surface area contributed by atoms with Crippen molar-refractivity contribution in [2.75, 3.05) is 15.9 Å². The molecule has 0 fully saturated rings. The van der Waals surface area contributed by atoms with Crippen LogP contribution in [0, 0.1) is 17.3 Å². The molecule has 2 aromatic rings. The first-order valence-electron chi connectivity index (χ1n) is 7.80. The van der Waals surface area contributed by atoms with Crippen molar-refractivity contribution in [3.8, 4) is 0 Å². The van der Waals surface area contributed by atoms with E-state index in [0.717, 1.165) is 17.2 Å². The van der Waals surface area contributed by atoms with Crippen molar-refractivity contribution >= 4 is 28.3 Å². The summed E-state index contributed by atoms with van der Waals surface area (Å²) in [5.41, 5.74) is 6.35. The molecule has 0 aliphatic rings. The van der Waals surface area contributed by atoms with Gasteiger partial charge in [-0.1, -0.05) is 29.8 Å². The van der Waals surface area contributed by atoms with Gasteiger partial charge in [-0.2, -0.15) is 5.10 Å². The summed E-state index contributed by atoms with van der Waals surface area (Å²) >= 11 is 0. The molecule has 2 rings (SSSR count). The average molecular weight is 356 g/mol. The number of nitrogens with one attached hydrogen (secondary N) is 1. The van der Waals surface area contributed by atoms with Crippen molar-refractivity contribution in [2.24, 2.45) is 5.10 Å². The van der Waals surface area contributed by atoms with Crippen LogP contribution in [0.3, 0.4) is 0 Å². The zero-order chi connectivity index (χ0) is 19.3. The molecule has 3 N–H and O–H groups in total. The molecule has 26 heavy (non-hydrogen) atoms. The van der Waals surface area contributed by atoms with Gasteiger partial charge in [0.15, 0.2) is 0 Å². The highest BCUT2D eigenvalue weighted by Gasteiger charge is 2.08. The summed E-state index contributed by atoms with van der Waals surface area (Å²) in [5.74, 6) is 0. The van der Waals surface area contributed by atoms with Gasteiger partial charge < -0.3 is 15.6 Å². The van der Waals surface area contributed by atoms with Gasteiger partial charge in [0.05, 0.1) is 11.4 Å². The predicted octanol–water partition coefficient (Wildman–Crippen LogP) is 4.27. The second kappa shape index (κ2) is 8.45. The molecule has 0 saturated heterocycles. The van der Waals surface area contributed by atoms with E-state index in [1.165, 1.54) is 17.7 Å². The fraction of sp³-hybridized carbons (Fsp3) is 0.167. The third-order valence-corrected chi connectivity index (χ3v) is 3.69. The molecule has 2 aromatic carbocycles. The Kier molecular flexibility index (Phi) is 6.31. The van der Waals surface area contributed by atoms with Crippen LogP contribution in [0.4, 0.5) is 17.1 Å². The van der Waals surface area contributed by atoms with E-state index in [0.29, 0.717) is 5.71 Å². The summed E-state index contributed by atoms with van der Waals surface area (Å²) in [6, 6.07) is 11.7. The minimum atomic E-state index is -0.626. The van der Waals surface area contributed by atoms with Crippen LogP contribution in [0.25, 0.3) is 5.57 Å². The van der Waals surface area contributed by atoms with E-state index < -0.39 is 5.23 Å². The molecule has 0 atom stereocenters. The van der Waals surface area contributed by atoms with Gasteiger partial charge in [-0.15, -0.1) is 5.23 Å². The van der Waals surface area contributed by atoms with Gasteiger partial charge in [0, 0.05) is 5.69 Å². The molecule has 8 nitrogen and oxygen atoms in total. The van der Waals surface area contributed by atoms with Gasteiger partial charge in [-0.05, 0) is 56.2 Å². The number of nitrogens with zero attached hydrogens (tertiary/aromatic N) is 3. The molecule has 0 unspecified atom stereocenters. The van der Waals surface area contributed by atoms with Crippen molar-refractivity contribution in [2.45, 2.75) is 20.8 Å². The summed E-state index contributed by atoms with van der Waals surface area (Å²) in [6.07, 6.45) is 1.87. The van der Waals surface area contributed by atoms with Crippen molar-refractivity contribution in [1.82, 2.24) is 0 Å². The number of hydrogen-bond donors (Lipinski definition) is 3. The number of benzene rings is 2. The lowest BCUT2D eigenvalue weighted by molar-refractivity contribution is 0.0295. The monoisotopic (exact) mass is 356 g/mol. The first-order valence-corrected chi connectivity index (χ1v) is 7.80. The molecule has 0 radical (unpaired) electrons. The maximum atomic E-state index is 10.8. The number of allylic oxidation sites excluding steroid dienone is 2. The fourth-order valence-corrected chi connectivity index (χ4v) is 2.29. The second-order valence-electron chi connectivity index (χ2n) is 5.81. The highest BCUT2D eigenvalue weighted by molar-refractivity contribution is 5.99. The molecule has 8 heteroatoms. The van der Waals surface area contributed by atoms with E-state index in [-0.39, 0.29) is 22.3 Å². The first-order chi connectivity index (χ1) is 12.3. The minimum Gasteiger partial charge on any atom is -0.769 e. The Balaban J connectivity index is 2.20. The van der Waals surface area contributed by atoms with E-state index in [1.807, 2.05) is 44.2 Å². The molecule has 0 aliphatic carbocycles. The predicted molar refractivity (Wildman–Crippen MR) is 103 cm³/mol. The summed E-state index contributed by atoms with van der Waals surface area (Å²) in [5, 5.41) is 43.5. The molecular formula is C18H20N4O4-2. The van der Waals surface area contributed by atoms with E-state index in [1.54, 1.807) is 6.92 Å². The second-order valence-corrected chi connectivity index (χ2v) is 5.81. The van der Waals surface area contributed by atoms with Crippen LogP contribution in [-0.4, -0.2) is 16.1 Å². The highest BCUT2D eigenvalue weighted by Crippen LogP contribution is 2.29. The van der Waals surface area contributed by atoms with Crippen molar-refractivity contribution in [1.29, 1.82) is 0 Å². The normalized spacial score (nSPS) is 12.1. The molecule has 0 bridgehead atoms. The van der Waals surface area contributed by atoms with Crippen LogP contribution in [0.2, 0.25) is 0 Å². The van der Waals surface area contributed by atoms with Crippen LogP contribution >= 0.6 is 0 Å². The lowest BCUT2D eigenvalue weighted by Gasteiger charge is -2.37. The van der Waals surface area contributed by atoms with Crippen LogP contribution in [0.5, 0.6) is 0 Å². The third kappa shape index (κ3) is 5.04. The van der Waals surface area contributed by atoms with Crippen LogP contribution in [0.15, 0.2) is 53.6 Å². The van der Waals surface area contributed by atoms with Crippen LogP contribution in [-0.2, 0) is 0 Å². The Bertz CT molecular complexity index is 814. The van der Waals surface area contributed by atoms with Gasteiger partial charge in [-0.3, -0.25) is 15.8 Å². The smallest absolute Gasteiger partial charge is 0.121 e. The molecular weight excluding hydrogens is 336 g/mol. The molecule has 0 saturated carbocycles. The van der Waals surface area contributed by atoms with Gasteiger partial charge in [0.25, 0.3) is 0 Å². The number of rotatable bonds is 6. The zero-order valence-corrected chi connectivity index (χ0v) is 14.7. The van der Waals surface area contributed by atoms with Crippen molar-refractivity contribution in [3.63, 3.8) is 0 Å². The Hall–Kier alpha value is -2.91. The standard InChI is InChI=1S/C18H20N4O4/c1-12-4-6-15(7-5-12)13(2)10-14(3)19-20-17-9-8-16(21(23)24)11-18(17)22(25)26/h4-11,20,25-26H,1-3H3/q-2. The Morgan fingerprint density at radius 3 is 2.31 bits per heavy atom. The molecule has 0 spiro atoms. The number of hydrogen-bond acceptors (Lipinski definition) is 8. The van der Waals surface area contributed by atoms with E-state index >= 15 is 0 Å². The summed E-state index contributed by atoms with van der Waals surface area (Å²) in [6.45, 7) is 5.77. The van der Waals surface area contributed by atoms with Crippen molar-refractivity contribution < 1.29 is 10.4 Å². The zero-order valence-electron chi connectivity index (χ0n) is 14.7. The quantitative estimate of drug-likeness (QED) is 0.522. The molecule has 0 amide bonds. The maximum Gasteiger partial charge on any atom is 0.121 e. The van der Waals surface area contributed by atoms with E-state index in [2.05, 4.69) is 10.5 Å². The maximum absolute atomic E-state index is 10.8. The van der Waals surface area contributed by atoms with Crippen LogP contribution < -0.4 is 15.9 Å². The number of aryl methyl sites for hydroxylation is 1. The lowest BCUT2D eigenvalue weighted by Crippen LogP contribution is -2.14. The summed E-state index contributed by atoms with van der Waals surface area (Å²) < 4.78 is 0. The van der Waals surface area contributed by atoms with Crippen LogP contribution in [0.1, 0.15) is 25.0 Å². The molecule has 0 aliphatic heterocycles. The lowest BCUT2D eigenvalue weighted by atomic mass is 10.0. The minimum absolute atomic E-state index is 0.185. The number of anilines is 3. The Morgan fingerprint density at radius 2 is 1.73 bits per heavy atom. The SMILES string of the molecule is CC(=CC(C)=NNc1ccc(N([O-])[O-])cc1N(O)O)c1ccc(C)cc1. The third-order valence-electron chi connectivity index (χ3n) is 3.69. The van der Waals surface area contributed by atoms with Gasteiger partial charge in [-0.25, -0.2) is 0 Å². The van der Waals surface area contributed by atoms with E-state index in [9.17, 15) is 20.8 Å². The molecule has 0 aromatic heterocycles. The van der Waals surface area contributed by atoms with Gasteiger partial charge in [0.2, 0.25) is 0 Å². The fourth-order valence-electron chi connectivity index (χ4n) is 2.29. The summed E-state index contributed by atoms with van der Waals surface area (Å²) in [4.78, 5) is 0. The van der Waals surface area contributed by atoms with E-state index in [4.69, 9.17) is 0 Å². The largest absolute Gasteiger partial charge is 0.769 e.